The van der Waals surface area contributed by atoms with Crippen LogP contribution in [0.25, 0.3) is 0 Å². The summed E-state index contributed by atoms with van der Waals surface area (Å²) in [5.41, 5.74) is 5.90. The lowest BCUT2D eigenvalue weighted by atomic mass is 10.0. The second kappa shape index (κ2) is 4.73. The van der Waals surface area contributed by atoms with Crippen LogP contribution in [0.15, 0.2) is 18.2 Å². The highest BCUT2D eigenvalue weighted by molar-refractivity contribution is 6.34. The molecule has 1 aromatic carbocycles. The Hall–Kier alpha value is -1.59. The fraction of sp³-hybridized carbons (Fsp3) is 0.273. The number of primary amides is 1. The van der Waals surface area contributed by atoms with Crippen molar-refractivity contribution < 1.29 is 9.59 Å². The highest BCUT2D eigenvalue weighted by Crippen LogP contribution is 2.20. The maximum absolute atomic E-state index is 11.7. The Kier molecular flexibility index (Phi) is 3.31. The van der Waals surface area contributed by atoms with Gasteiger partial charge in [0.1, 0.15) is 0 Å². The molecule has 17 heavy (non-hydrogen) atoms. The Morgan fingerprint density at radius 1 is 1.41 bits per heavy atom. The SMILES string of the molecule is NC(=O)c1cc(NC(=O)C2CNC2)ccc1Cl. The van der Waals surface area contributed by atoms with Gasteiger partial charge in [0, 0.05) is 18.8 Å². The average Bonchev–Trinajstić information content (AvgIpc) is 2.17. The summed E-state index contributed by atoms with van der Waals surface area (Å²) in [6.07, 6.45) is 0. The van der Waals surface area contributed by atoms with Crippen LogP contribution in [0.1, 0.15) is 10.4 Å². The molecule has 2 rings (SSSR count). The van der Waals surface area contributed by atoms with E-state index in [1.165, 1.54) is 12.1 Å². The monoisotopic (exact) mass is 253 g/mol. The van der Waals surface area contributed by atoms with Gasteiger partial charge >= 0.3 is 0 Å². The summed E-state index contributed by atoms with van der Waals surface area (Å²) in [4.78, 5) is 22.7. The van der Waals surface area contributed by atoms with Crippen molar-refractivity contribution in [3.05, 3.63) is 28.8 Å². The molecule has 90 valence electrons. The minimum Gasteiger partial charge on any atom is -0.366 e. The Morgan fingerprint density at radius 3 is 2.65 bits per heavy atom. The lowest BCUT2D eigenvalue weighted by Crippen LogP contribution is -2.48. The van der Waals surface area contributed by atoms with Gasteiger partial charge < -0.3 is 16.4 Å². The Balaban J connectivity index is 2.13. The van der Waals surface area contributed by atoms with E-state index in [1.807, 2.05) is 0 Å². The highest BCUT2D eigenvalue weighted by Gasteiger charge is 2.24. The summed E-state index contributed by atoms with van der Waals surface area (Å²) in [5.74, 6) is -0.694. The van der Waals surface area contributed by atoms with Crippen molar-refractivity contribution in [2.45, 2.75) is 0 Å². The van der Waals surface area contributed by atoms with E-state index in [9.17, 15) is 9.59 Å². The second-order valence-corrected chi connectivity index (χ2v) is 4.31. The first-order valence-corrected chi connectivity index (χ1v) is 5.56. The lowest BCUT2D eigenvalue weighted by Gasteiger charge is -2.25. The van der Waals surface area contributed by atoms with Crippen molar-refractivity contribution in [1.29, 1.82) is 0 Å². The standard InChI is InChI=1S/C11H12ClN3O2/c12-9-2-1-7(3-8(9)10(13)16)15-11(17)6-4-14-5-6/h1-3,6,14H,4-5H2,(H2,13,16)(H,15,17). The number of carbonyl (C=O) groups is 2. The van der Waals surface area contributed by atoms with Crippen LogP contribution in [0.4, 0.5) is 5.69 Å². The van der Waals surface area contributed by atoms with Gasteiger partial charge in [0.2, 0.25) is 11.8 Å². The van der Waals surface area contributed by atoms with Crippen molar-refractivity contribution in [2.75, 3.05) is 18.4 Å². The third-order valence-electron chi connectivity index (χ3n) is 2.65. The minimum absolute atomic E-state index is 0.0114. The van der Waals surface area contributed by atoms with Crippen LogP contribution in [0.2, 0.25) is 5.02 Å². The van der Waals surface area contributed by atoms with E-state index in [-0.39, 0.29) is 22.4 Å². The number of anilines is 1. The zero-order valence-electron chi connectivity index (χ0n) is 9.00. The summed E-state index contributed by atoms with van der Waals surface area (Å²) >= 11 is 5.81. The molecule has 0 spiro atoms. The Morgan fingerprint density at radius 2 is 2.12 bits per heavy atom. The Bertz CT molecular complexity index is 472. The molecule has 1 aromatic rings. The van der Waals surface area contributed by atoms with Gasteiger partial charge in [0.05, 0.1) is 16.5 Å². The van der Waals surface area contributed by atoms with Gasteiger partial charge in [0.25, 0.3) is 0 Å². The smallest absolute Gasteiger partial charge is 0.250 e. The van der Waals surface area contributed by atoms with E-state index in [0.717, 1.165) is 0 Å². The number of rotatable bonds is 3. The molecule has 1 fully saturated rings. The maximum atomic E-state index is 11.7. The molecule has 1 saturated heterocycles. The number of halogens is 1. The summed E-state index contributed by atoms with van der Waals surface area (Å²) < 4.78 is 0. The molecule has 1 aliphatic heterocycles. The van der Waals surface area contributed by atoms with Crippen LogP contribution in [-0.4, -0.2) is 24.9 Å². The first kappa shape index (κ1) is 11.9. The summed E-state index contributed by atoms with van der Waals surface area (Å²) in [6, 6.07) is 4.66. The van der Waals surface area contributed by atoms with Crippen LogP contribution in [0.3, 0.4) is 0 Å². The number of nitrogens with two attached hydrogens (primary N) is 1. The lowest BCUT2D eigenvalue weighted by molar-refractivity contribution is -0.121. The van der Waals surface area contributed by atoms with Gasteiger partial charge in [-0.25, -0.2) is 0 Å². The molecule has 1 aliphatic rings. The molecule has 6 heteroatoms. The highest BCUT2D eigenvalue weighted by atomic mass is 35.5. The molecule has 0 saturated carbocycles. The number of nitrogens with one attached hydrogen (secondary N) is 2. The van der Waals surface area contributed by atoms with E-state index < -0.39 is 5.91 Å². The van der Waals surface area contributed by atoms with Gasteiger partial charge in [-0.15, -0.1) is 0 Å². The van der Waals surface area contributed by atoms with E-state index in [0.29, 0.717) is 18.8 Å². The van der Waals surface area contributed by atoms with Crippen LogP contribution >= 0.6 is 11.6 Å². The molecule has 0 aliphatic carbocycles. The fourth-order valence-corrected chi connectivity index (χ4v) is 1.72. The molecule has 5 nitrogen and oxygen atoms in total. The molecular weight excluding hydrogens is 242 g/mol. The van der Waals surface area contributed by atoms with Crippen LogP contribution < -0.4 is 16.4 Å². The van der Waals surface area contributed by atoms with Gasteiger partial charge in [-0.1, -0.05) is 11.6 Å². The first-order valence-electron chi connectivity index (χ1n) is 5.19. The molecule has 0 radical (unpaired) electrons. The van der Waals surface area contributed by atoms with E-state index in [4.69, 9.17) is 17.3 Å². The normalized spacial score (nSPS) is 15.1. The summed E-state index contributed by atoms with van der Waals surface area (Å²) in [6.45, 7) is 1.37. The summed E-state index contributed by atoms with van der Waals surface area (Å²) in [7, 11) is 0. The van der Waals surface area contributed by atoms with E-state index >= 15 is 0 Å². The number of amides is 2. The third-order valence-corrected chi connectivity index (χ3v) is 2.98. The maximum Gasteiger partial charge on any atom is 0.250 e. The second-order valence-electron chi connectivity index (χ2n) is 3.90. The van der Waals surface area contributed by atoms with Crippen molar-refractivity contribution in [3.63, 3.8) is 0 Å². The number of benzene rings is 1. The third kappa shape index (κ3) is 2.57. The van der Waals surface area contributed by atoms with Gasteiger partial charge in [-0.2, -0.15) is 0 Å². The van der Waals surface area contributed by atoms with Crippen molar-refractivity contribution >= 4 is 29.1 Å². The van der Waals surface area contributed by atoms with Crippen molar-refractivity contribution in [1.82, 2.24) is 5.32 Å². The van der Waals surface area contributed by atoms with Gasteiger partial charge in [-0.3, -0.25) is 9.59 Å². The fourth-order valence-electron chi connectivity index (χ4n) is 1.51. The quantitative estimate of drug-likeness (QED) is 0.737. The molecule has 0 unspecified atom stereocenters. The molecule has 2 amide bonds. The van der Waals surface area contributed by atoms with Crippen LogP contribution in [0, 0.1) is 5.92 Å². The number of carbonyl (C=O) groups excluding carboxylic acids is 2. The molecular formula is C11H12ClN3O2. The molecule has 0 atom stereocenters. The molecule has 0 bridgehead atoms. The topological polar surface area (TPSA) is 84.2 Å². The van der Waals surface area contributed by atoms with Gasteiger partial charge in [-0.05, 0) is 18.2 Å². The zero-order chi connectivity index (χ0) is 12.4. The van der Waals surface area contributed by atoms with Crippen LogP contribution in [0.5, 0.6) is 0 Å². The first-order chi connectivity index (χ1) is 8.08. The van der Waals surface area contributed by atoms with Crippen molar-refractivity contribution in [3.8, 4) is 0 Å². The minimum atomic E-state index is -0.614. The number of hydrogen-bond donors (Lipinski definition) is 3. The Labute approximate surface area is 103 Å². The largest absolute Gasteiger partial charge is 0.366 e. The molecule has 0 aromatic heterocycles. The van der Waals surface area contributed by atoms with Crippen LogP contribution in [-0.2, 0) is 4.79 Å². The molecule has 1 heterocycles. The number of hydrogen-bond acceptors (Lipinski definition) is 3. The zero-order valence-corrected chi connectivity index (χ0v) is 9.75. The average molecular weight is 254 g/mol. The predicted octanol–water partition coefficient (Wildman–Crippen LogP) is 0.597. The van der Waals surface area contributed by atoms with E-state index in [2.05, 4.69) is 10.6 Å². The van der Waals surface area contributed by atoms with Crippen molar-refractivity contribution in [2.24, 2.45) is 11.7 Å². The summed E-state index contributed by atoms with van der Waals surface area (Å²) in [5, 5.41) is 6.01. The molecule has 4 N–H and O–H groups in total. The van der Waals surface area contributed by atoms with E-state index in [1.54, 1.807) is 6.07 Å². The predicted molar refractivity (Wildman–Crippen MR) is 65.0 cm³/mol. The van der Waals surface area contributed by atoms with Gasteiger partial charge in [0.15, 0.2) is 0 Å².